The number of nitro benzene ring substituents is 1. The number of aromatic nitrogens is 2. The summed E-state index contributed by atoms with van der Waals surface area (Å²) in [7, 11) is 0. The summed E-state index contributed by atoms with van der Waals surface area (Å²) >= 11 is 3.15. The van der Waals surface area contributed by atoms with Crippen molar-refractivity contribution in [3.63, 3.8) is 0 Å². The van der Waals surface area contributed by atoms with Gasteiger partial charge in [-0.2, -0.15) is 4.21 Å². The second-order valence-corrected chi connectivity index (χ2v) is 3.67. The number of nitro groups is 1. The third-order valence-corrected chi connectivity index (χ3v) is 2.08. The maximum Gasteiger partial charge on any atom is 1.00 e. The second-order valence-electron chi connectivity index (χ2n) is 2.85. The topological polar surface area (TPSA) is 126 Å². The van der Waals surface area contributed by atoms with E-state index in [4.69, 9.17) is 24.9 Å². The van der Waals surface area contributed by atoms with Crippen LogP contribution in [-0.2, 0) is 11.4 Å². The van der Waals surface area contributed by atoms with Gasteiger partial charge >= 0.3 is 29.6 Å². The molecule has 19 heavy (non-hydrogen) atoms. The van der Waals surface area contributed by atoms with Crippen molar-refractivity contribution in [3.8, 4) is 0 Å². The first-order valence-corrected chi connectivity index (χ1v) is 5.70. The number of hydrogen-bond donors (Lipinski definition) is 2. The molecule has 2 aromatic rings. The summed E-state index contributed by atoms with van der Waals surface area (Å²) in [5, 5.41) is 11.2. The maximum atomic E-state index is 10.5. The Morgan fingerprint density at radius 3 is 2.47 bits per heavy atom. The molecule has 0 radical (unpaired) electrons. The molecule has 0 fully saturated rings. The molecule has 0 unspecified atom stereocenters. The van der Waals surface area contributed by atoms with E-state index in [1.807, 2.05) is 0 Å². The molecule has 0 saturated heterocycles. The summed E-state index contributed by atoms with van der Waals surface area (Å²) in [4.78, 5) is 17.7. The van der Waals surface area contributed by atoms with Crippen molar-refractivity contribution in [1.82, 2.24) is 9.97 Å². The SMILES string of the molecule is O=S(O)O.O=[N+]([O-])c1ccc2ncnc(Cl)c2c1.[H-].[Na+]. The molecule has 0 saturated carbocycles. The van der Waals surface area contributed by atoms with Crippen LogP contribution in [0.15, 0.2) is 24.5 Å². The van der Waals surface area contributed by atoms with E-state index in [0.29, 0.717) is 10.9 Å². The van der Waals surface area contributed by atoms with Crippen molar-refractivity contribution < 1.29 is 49.2 Å². The Kier molecular flexibility index (Phi) is 8.18. The van der Waals surface area contributed by atoms with Gasteiger partial charge in [0, 0.05) is 17.5 Å². The largest absolute Gasteiger partial charge is 1.00 e. The van der Waals surface area contributed by atoms with Gasteiger partial charge in [0.1, 0.15) is 11.5 Å². The number of hydrogen-bond acceptors (Lipinski definition) is 5. The minimum absolute atomic E-state index is 0. The fourth-order valence-electron chi connectivity index (χ4n) is 1.13. The molecule has 0 aliphatic carbocycles. The Balaban J connectivity index is 0. The van der Waals surface area contributed by atoms with Gasteiger partial charge in [-0.05, 0) is 6.07 Å². The van der Waals surface area contributed by atoms with Gasteiger partial charge in [0.15, 0.2) is 0 Å². The average molecular weight is 316 g/mol. The van der Waals surface area contributed by atoms with Crippen molar-refractivity contribution >= 4 is 39.6 Å². The Morgan fingerprint density at radius 1 is 1.37 bits per heavy atom. The van der Waals surface area contributed by atoms with Gasteiger partial charge in [-0.25, -0.2) is 9.97 Å². The molecule has 1 aromatic carbocycles. The van der Waals surface area contributed by atoms with Gasteiger partial charge in [-0.15, -0.1) is 0 Å². The van der Waals surface area contributed by atoms with Crippen LogP contribution in [0.4, 0.5) is 5.69 Å². The van der Waals surface area contributed by atoms with Crippen LogP contribution in [-0.4, -0.2) is 28.2 Å². The van der Waals surface area contributed by atoms with Gasteiger partial charge in [0.2, 0.25) is 0 Å². The van der Waals surface area contributed by atoms with Crippen molar-refractivity contribution in [2.24, 2.45) is 0 Å². The molecule has 1 aromatic heterocycles. The third-order valence-electron chi connectivity index (χ3n) is 1.78. The standard InChI is InChI=1S/C8H4ClN3O2.Na.H2O3S.H/c9-8-6-3-5(12(13)14)1-2-7(6)10-4-11-8;;1-4(2)3;/h1-4H;;(H2,1,2,3);/q;+1;;-1. The maximum absolute atomic E-state index is 10.5. The zero-order valence-corrected chi connectivity index (χ0v) is 13.1. The zero-order chi connectivity index (χ0) is 13.7. The minimum Gasteiger partial charge on any atom is -1.00 e. The summed E-state index contributed by atoms with van der Waals surface area (Å²) < 4.78 is 22.8. The number of fused-ring (bicyclic) bond motifs is 1. The number of nitrogens with zero attached hydrogens (tertiary/aromatic N) is 3. The number of non-ortho nitro benzene ring substituents is 1. The van der Waals surface area contributed by atoms with E-state index in [-0.39, 0.29) is 41.8 Å². The van der Waals surface area contributed by atoms with Crippen molar-refractivity contribution in [1.29, 1.82) is 0 Å². The van der Waals surface area contributed by atoms with Crippen LogP contribution < -0.4 is 29.6 Å². The van der Waals surface area contributed by atoms with Crippen molar-refractivity contribution in [2.75, 3.05) is 0 Å². The second kappa shape index (κ2) is 8.48. The van der Waals surface area contributed by atoms with E-state index >= 15 is 0 Å². The molecule has 98 valence electrons. The van der Waals surface area contributed by atoms with E-state index in [1.165, 1.54) is 18.5 Å². The van der Waals surface area contributed by atoms with Crippen LogP contribution in [0.5, 0.6) is 0 Å². The summed E-state index contributed by atoms with van der Waals surface area (Å²) in [6.07, 6.45) is 1.32. The van der Waals surface area contributed by atoms with E-state index in [2.05, 4.69) is 9.97 Å². The third kappa shape index (κ3) is 5.87. The fourth-order valence-corrected chi connectivity index (χ4v) is 1.32. The first-order chi connectivity index (χ1) is 8.41. The van der Waals surface area contributed by atoms with Gasteiger partial charge in [0.05, 0.1) is 10.4 Å². The molecule has 0 atom stereocenters. The summed E-state index contributed by atoms with van der Waals surface area (Å²) in [5.74, 6) is 0. The smallest absolute Gasteiger partial charge is 1.00 e. The predicted octanol–water partition coefficient (Wildman–Crippen LogP) is -1.01. The molecular formula is C8H7ClN3NaO5S. The molecule has 11 heteroatoms. The molecule has 8 nitrogen and oxygen atoms in total. The van der Waals surface area contributed by atoms with Crippen LogP contribution in [0.3, 0.4) is 0 Å². The van der Waals surface area contributed by atoms with Crippen LogP contribution >= 0.6 is 11.6 Å². The number of halogens is 1. The Bertz CT molecular complexity index is 616. The molecule has 0 bridgehead atoms. The van der Waals surface area contributed by atoms with Gasteiger partial charge in [0.25, 0.3) is 17.0 Å². The average Bonchev–Trinajstić information content (AvgIpc) is 2.28. The number of rotatable bonds is 1. The van der Waals surface area contributed by atoms with Gasteiger partial charge in [-0.1, -0.05) is 11.6 Å². The first-order valence-electron chi connectivity index (χ1n) is 4.26. The number of benzene rings is 1. The van der Waals surface area contributed by atoms with Crippen molar-refractivity contribution in [3.05, 3.63) is 39.8 Å². The Labute approximate surface area is 138 Å². The summed E-state index contributed by atoms with van der Waals surface area (Å²) in [6, 6.07) is 4.28. The minimum atomic E-state index is -2.61. The quantitative estimate of drug-likeness (QED) is 0.227. The summed E-state index contributed by atoms with van der Waals surface area (Å²) in [5.41, 5.74) is 0.574. The molecule has 2 rings (SSSR count). The predicted molar refractivity (Wildman–Crippen MR) is 65.7 cm³/mol. The Hall–Kier alpha value is -0.680. The molecule has 0 aliphatic rings. The zero-order valence-electron chi connectivity index (χ0n) is 10.6. The molecule has 0 amide bonds. The monoisotopic (exact) mass is 315 g/mol. The Morgan fingerprint density at radius 2 is 1.95 bits per heavy atom. The van der Waals surface area contributed by atoms with Crippen LogP contribution in [0.25, 0.3) is 10.9 Å². The molecule has 2 N–H and O–H groups in total. The van der Waals surface area contributed by atoms with E-state index in [9.17, 15) is 10.1 Å². The molecular weight excluding hydrogens is 309 g/mol. The van der Waals surface area contributed by atoms with E-state index in [0.717, 1.165) is 0 Å². The molecule has 0 aliphatic heterocycles. The normalized spacial score (nSPS) is 9.47. The molecule has 0 spiro atoms. The summed E-state index contributed by atoms with van der Waals surface area (Å²) in [6.45, 7) is 0. The van der Waals surface area contributed by atoms with E-state index in [1.54, 1.807) is 6.07 Å². The first kappa shape index (κ1) is 18.3. The van der Waals surface area contributed by atoms with Gasteiger partial charge in [-0.3, -0.25) is 19.2 Å². The van der Waals surface area contributed by atoms with Crippen molar-refractivity contribution in [2.45, 2.75) is 0 Å². The van der Waals surface area contributed by atoms with Crippen LogP contribution in [0.1, 0.15) is 1.43 Å². The fraction of sp³-hybridized carbons (Fsp3) is 0. The van der Waals surface area contributed by atoms with E-state index < -0.39 is 16.3 Å². The van der Waals surface area contributed by atoms with Crippen LogP contribution in [0, 0.1) is 10.1 Å². The molecule has 1 heterocycles. The van der Waals surface area contributed by atoms with Crippen LogP contribution in [0.2, 0.25) is 5.15 Å². The van der Waals surface area contributed by atoms with Gasteiger partial charge < -0.3 is 1.43 Å².